The molecular weight excluding hydrogens is 663 g/mol. The third kappa shape index (κ3) is 6.74. The van der Waals surface area contributed by atoms with Crippen LogP contribution in [0.4, 0.5) is 16.5 Å². The lowest BCUT2D eigenvalue weighted by molar-refractivity contribution is -0.134. The number of fused-ring (bicyclic) bond motifs is 1. The number of nitrogens with zero attached hydrogens (tertiary/aromatic N) is 9. The molecular formula is C37H39N11O2S. The Labute approximate surface area is 299 Å². The molecule has 3 aliphatic heterocycles. The Balaban J connectivity index is 0.834. The zero-order chi connectivity index (χ0) is 34.9. The second kappa shape index (κ2) is 14.1. The Hall–Kier alpha value is -5.39. The van der Waals surface area contributed by atoms with Gasteiger partial charge in [-0.05, 0) is 67.1 Å². The molecule has 4 aromatic heterocycles. The molecule has 8 rings (SSSR count). The summed E-state index contributed by atoms with van der Waals surface area (Å²) in [5.41, 5.74) is 6.97. The number of carbonyl (C=O) groups is 2. The lowest BCUT2D eigenvalue weighted by Crippen LogP contribution is -2.49. The summed E-state index contributed by atoms with van der Waals surface area (Å²) in [7, 11) is 1.89. The standard InChI is InChI=1S/C37H39N11O2S/c1-39-31-19-32(33-8-6-28-18-25(20-38)21-41-48(28)33)40-22-30(31)36-43-44-37(51-36)47-16-14-45(15-17-47)23-24-10-12-46(13-11-24)27-4-2-26(3-5-27)29-7-9-34(49)42-35(29)50/h2-6,8,18-19,21-22,24,29H,7,9-17,23H2,1H3,(H,39,40)(H,42,49,50)/t29-/m1/s1. The first-order valence-electron chi connectivity index (χ1n) is 17.5. The van der Waals surface area contributed by atoms with Crippen LogP contribution in [0.5, 0.6) is 0 Å². The topological polar surface area (TPSA) is 148 Å². The molecule has 51 heavy (non-hydrogen) atoms. The van der Waals surface area contributed by atoms with E-state index >= 15 is 0 Å². The average Bonchev–Trinajstić information content (AvgIpc) is 3.83. The SMILES string of the molecule is CNc1cc(-c2ccc3cc(C#N)cnn23)ncc1-c1nnc(N2CCN(CC3CCN(c4ccc([C@H]5CCC(=O)NC5=O)cc4)CC3)CC2)s1. The van der Waals surface area contributed by atoms with Crippen molar-refractivity contribution in [1.29, 1.82) is 5.26 Å². The van der Waals surface area contributed by atoms with E-state index in [2.05, 4.69) is 58.8 Å². The lowest BCUT2D eigenvalue weighted by atomic mass is 9.90. The molecule has 0 saturated carbocycles. The first-order chi connectivity index (χ1) is 24.9. The van der Waals surface area contributed by atoms with E-state index in [-0.39, 0.29) is 17.7 Å². The fourth-order valence-corrected chi connectivity index (χ4v) is 8.39. The quantitative estimate of drug-likeness (QED) is 0.222. The maximum atomic E-state index is 12.3. The van der Waals surface area contributed by atoms with Crippen LogP contribution in [-0.4, -0.2) is 94.4 Å². The van der Waals surface area contributed by atoms with Gasteiger partial charge in [0, 0.05) is 76.9 Å². The number of piperidine rings is 2. The molecule has 0 spiro atoms. The Bertz CT molecular complexity index is 2100. The van der Waals surface area contributed by atoms with E-state index in [1.54, 1.807) is 22.0 Å². The van der Waals surface area contributed by atoms with Crippen molar-refractivity contribution in [2.24, 2.45) is 5.92 Å². The minimum absolute atomic E-state index is 0.177. The summed E-state index contributed by atoms with van der Waals surface area (Å²) in [6.07, 6.45) is 6.70. The van der Waals surface area contributed by atoms with Crippen LogP contribution in [0.3, 0.4) is 0 Å². The van der Waals surface area contributed by atoms with E-state index in [4.69, 9.17) is 4.98 Å². The van der Waals surface area contributed by atoms with Gasteiger partial charge < -0.3 is 15.1 Å². The molecule has 0 bridgehead atoms. The lowest BCUT2D eigenvalue weighted by Gasteiger charge is -2.39. The highest BCUT2D eigenvalue weighted by molar-refractivity contribution is 7.18. The Kier molecular flexibility index (Phi) is 9.06. The number of rotatable bonds is 8. The number of imide groups is 1. The van der Waals surface area contributed by atoms with Crippen LogP contribution in [-0.2, 0) is 9.59 Å². The molecule has 2 N–H and O–H groups in total. The molecule has 1 atom stereocenters. The van der Waals surface area contributed by atoms with Crippen LogP contribution in [0.25, 0.3) is 27.5 Å². The highest BCUT2D eigenvalue weighted by Crippen LogP contribution is 2.36. The smallest absolute Gasteiger partial charge is 0.234 e. The number of amides is 2. The maximum Gasteiger partial charge on any atom is 0.234 e. The molecule has 0 radical (unpaired) electrons. The monoisotopic (exact) mass is 701 g/mol. The van der Waals surface area contributed by atoms with Crippen LogP contribution >= 0.6 is 11.3 Å². The molecule has 14 heteroatoms. The highest BCUT2D eigenvalue weighted by Gasteiger charge is 2.29. The molecule has 7 heterocycles. The van der Waals surface area contributed by atoms with Gasteiger partial charge in [-0.15, -0.1) is 10.2 Å². The number of piperazine rings is 1. The molecule has 3 fully saturated rings. The number of nitrogens with one attached hydrogen (secondary N) is 2. The van der Waals surface area contributed by atoms with E-state index < -0.39 is 0 Å². The minimum Gasteiger partial charge on any atom is -0.387 e. The third-order valence-corrected chi connectivity index (χ3v) is 11.4. The van der Waals surface area contributed by atoms with Gasteiger partial charge in [-0.3, -0.25) is 24.8 Å². The molecule has 3 saturated heterocycles. The van der Waals surface area contributed by atoms with Gasteiger partial charge >= 0.3 is 0 Å². The predicted octanol–water partition coefficient (Wildman–Crippen LogP) is 4.39. The van der Waals surface area contributed by atoms with Gasteiger partial charge in [0.25, 0.3) is 0 Å². The predicted molar refractivity (Wildman–Crippen MR) is 197 cm³/mol. The Morgan fingerprint density at radius 3 is 2.49 bits per heavy atom. The van der Waals surface area contributed by atoms with E-state index in [0.717, 1.165) is 103 Å². The molecule has 13 nitrogen and oxygen atoms in total. The van der Waals surface area contributed by atoms with E-state index in [1.807, 2.05) is 49.6 Å². The third-order valence-electron chi connectivity index (χ3n) is 10.4. The number of hydrogen-bond donors (Lipinski definition) is 2. The first kappa shape index (κ1) is 32.8. The number of nitriles is 1. The summed E-state index contributed by atoms with van der Waals surface area (Å²) in [6, 6.07) is 18.2. The average molecular weight is 702 g/mol. The number of benzene rings is 1. The van der Waals surface area contributed by atoms with Crippen molar-refractivity contribution >= 4 is 45.2 Å². The van der Waals surface area contributed by atoms with Crippen LogP contribution in [0.2, 0.25) is 0 Å². The van der Waals surface area contributed by atoms with Crippen molar-refractivity contribution in [2.75, 3.05) is 68.0 Å². The number of aromatic nitrogens is 5. The van der Waals surface area contributed by atoms with Crippen molar-refractivity contribution in [2.45, 2.75) is 31.6 Å². The van der Waals surface area contributed by atoms with Gasteiger partial charge in [-0.25, -0.2) is 4.52 Å². The number of carbonyl (C=O) groups excluding carboxylic acids is 2. The number of hydrogen-bond acceptors (Lipinski definition) is 12. The van der Waals surface area contributed by atoms with Crippen LogP contribution in [0, 0.1) is 17.2 Å². The van der Waals surface area contributed by atoms with E-state index in [0.29, 0.717) is 24.3 Å². The highest BCUT2D eigenvalue weighted by atomic mass is 32.1. The van der Waals surface area contributed by atoms with Gasteiger partial charge in [-0.2, -0.15) is 10.4 Å². The van der Waals surface area contributed by atoms with Gasteiger partial charge in [-0.1, -0.05) is 23.5 Å². The first-order valence-corrected chi connectivity index (χ1v) is 18.3. The molecule has 2 amide bonds. The molecule has 5 aromatic rings. The summed E-state index contributed by atoms with van der Waals surface area (Å²) in [4.78, 5) is 35.9. The summed E-state index contributed by atoms with van der Waals surface area (Å²) in [6.45, 7) is 7.03. The fraction of sp³-hybridized carbons (Fsp3) is 0.378. The second-order valence-electron chi connectivity index (χ2n) is 13.5. The van der Waals surface area contributed by atoms with Gasteiger partial charge in [0.15, 0.2) is 5.01 Å². The maximum absolute atomic E-state index is 12.3. The molecule has 260 valence electrons. The zero-order valence-corrected chi connectivity index (χ0v) is 29.3. The van der Waals surface area contributed by atoms with E-state index in [1.165, 1.54) is 5.69 Å². The molecule has 0 unspecified atom stereocenters. The second-order valence-corrected chi connectivity index (χ2v) is 14.4. The van der Waals surface area contributed by atoms with Crippen molar-refractivity contribution < 1.29 is 9.59 Å². The normalized spacial score (nSPS) is 18.9. The zero-order valence-electron chi connectivity index (χ0n) is 28.5. The number of anilines is 3. The van der Waals surface area contributed by atoms with Crippen LogP contribution in [0.1, 0.15) is 42.7 Å². The van der Waals surface area contributed by atoms with Crippen molar-refractivity contribution in [1.82, 2.24) is 35.0 Å². The Morgan fingerprint density at radius 2 is 1.75 bits per heavy atom. The van der Waals surface area contributed by atoms with Crippen molar-refractivity contribution in [3.8, 4) is 28.0 Å². The Morgan fingerprint density at radius 1 is 0.941 bits per heavy atom. The van der Waals surface area contributed by atoms with Crippen molar-refractivity contribution in [3.05, 3.63) is 72.1 Å². The molecule has 0 aliphatic carbocycles. The van der Waals surface area contributed by atoms with Gasteiger partial charge in [0.05, 0.1) is 40.1 Å². The molecule has 1 aromatic carbocycles. The van der Waals surface area contributed by atoms with Crippen LogP contribution < -0.4 is 20.4 Å². The summed E-state index contributed by atoms with van der Waals surface area (Å²) in [5.74, 6) is 0.0734. The summed E-state index contributed by atoms with van der Waals surface area (Å²) < 4.78 is 1.79. The van der Waals surface area contributed by atoms with Gasteiger partial charge in [0.2, 0.25) is 16.9 Å². The number of pyridine rings is 1. The molecule has 3 aliphatic rings. The summed E-state index contributed by atoms with van der Waals surface area (Å²) >= 11 is 1.59. The van der Waals surface area contributed by atoms with Crippen molar-refractivity contribution in [3.63, 3.8) is 0 Å². The fourth-order valence-electron chi connectivity index (χ4n) is 7.47. The minimum atomic E-state index is -0.240. The largest absolute Gasteiger partial charge is 0.387 e. The van der Waals surface area contributed by atoms with Crippen LogP contribution in [0.15, 0.2) is 60.9 Å². The summed E-state index contributed by atoms with van der Waals surface area (Å²) in [5, 5.41) is 30.3. The van der Waals surface area contributed by atoms with E-state index in [9.17, 15) is 14.9 Å². The van der Waals surface area contributed by atoms with Gasteiger partial charge in [0.1, 0.15) is 6.07 Å².